The minimum atomic E-state index is -0.604. The number of methoxy groups -OCH3 is 1. The molecular formula is C8H13N3O3S. The summed E-state index contributed by atoms with van der Waals surface area (Å²) in [5.74, 6) is 1.77. The monoisotopic (exact) mass is 231 g/mol. The number of thioether (sulfide) groups is 1. The zero-order valence-corrected chi connectivity index (χ0v) is 9.41. The van der Waals surface area contributed by atoms with Gasteiger partial charge < -0.3 is 15.0 Å². The van der Waals surface area contributed by atoms with Gasteiger partial charge in [-0.2, -0.15) is 16.7 Å². The molecule has 0 spiro atoms. The normalized spacial score (nSPS) is 12.5. The maximum atomic E-state index is 10.9. The first kappa shape index (κ1) is 12.0. The van der Waals surface area contributed by atoms with E-state index in [1.54, 1.807) is 6.92 Å². The van der Waals surface area contributed by atoms with Gasteiger partial charge in [0.15, 0.2) is 5.82 Å². The van der Waals surface area contributed by atoms with Crippen LogP contribution >= 0.6 is 11.8 Å². The van der Waals surface area contributed by atoms with E-state index in [0.717, 1.165) is 0 Å². The number of hydrogen-bond donors (Lipinski definition) is 1. The molecule has 1 rings (SSSR count). The van der Waals surface area contributed by atoms with Crippen LogP contribution in [0.15, 0.2) is 4.52 Å². The number of aryl methyl sites for hydroxylation is 1. The molecule has 1 unspecified atom stereocenters. The largest absolute Gasteiger partial charge is 0.468 e. The molecule has 0 saturated heterocycles. The molecule has 1 heterocycles. The second-order valence-corrected chi connectivity index (χ2v) is 3.90. The first-order chi connectivity index (χ1) is 7.13. The molecule has 0 fully saturated rings. The van der Waals surface area contributed by atoms with Crippen LogP contribution in [0.5, 0.6) is 0 Å². The van der Waals surface area contributed by atoms with Crippen LogP contribution < -0.4 is 5.73 Å². The molecule has 0 aliphatic rings. The third-order valence-corrected chi connectivity index (χ3v) is 2.66. The van der Waals surface area contributed by atoms with Crippen molar-refractivity contribution in [1.29, 1.82) is 0 Å². The second kappa shape index (κ2) is 5.72. The quantitative estimate of drug-likeness (QED) is 0.719. The maximum absolute atomic E-state index is 10.9. The zero-order valence-electron chi connectivity index (χ0n) is 8.60. The van der Waals surface area contributed by atoms with E-state index in [4.69, 9.17) is 10.3 Å². The smallest absolute Gasteiger partial charge is 0.323 e. The summed E-state index contributed by atoms with van der Waals surface area (Å²) in [6.45, 7) is 1.72. The number of rotatable bonds is 5. The van der Waals surface area contributed by atoms with E-state index in [0.29, 0.717) is 23.2 Å². The third kappa shape index (κ3) is 3.88. The molecule has 0 radical (unpaired) electrons. The van der Waals surface area contributed by atoms with Crippen LogP contribution in [0.2, 0.25) is 0 Å². The predicted octanol–water partition coefficient (Wildman–Crippen LogP) is 0.112. The van der Waals surface area contributed by atoms with Gasteiger partial charge in [0.2, 0.25) is 5.89 Å². The van der Waals surface area contributed by atoms with Gasteiger partial charge in [0, 0.05) is 12.7 Å². The number of esters is 1. The standard InChI is InChI=1S/C8H13N3O3S/c1-5-10-7(11-14-5)4-15-3-6(9)8(12)13-2/h6H,3-4,9H2,1-2H3. The van der Waals surface area contributed by atoms with Gasteiger partial charge in [0.05, 0.1) is 12.9 Å². The fourth-order valence-corrected chi connectivity index (χ4v) is 1.70. The van der Waals surface area contributed by atoms with Crippen LogP contribution in [0.1, 0.15) is 11.7 Å². The van der Waals surface area contributed by atoms with Gasteiger partial charge in [-0.05, 0) is 0 Å². The van der Waals surface area contributed by atoms with Crippen molar-refractivity contribution in [2.24, 2.45) is 5.73 Å². The van der Waals surface area contributed by atoms with Gasteiger partial charge in [-0.3, -0.25) is 4.79 Å². The Morgan fingerprint density at radius 1 is 1.73 bits per heavy atom. The second-order valence-electron chi connectivity index (χ2n) is 2.87. The highest BCUT2D eigenvalue weighted by Gasteiger charge is 2.13. The van der Waals surface area contributed by atoms with Crippen molar-refractivity contribution in [3.05, 3.63) is 11.7 Å². The summed E-state index contributed by atoms with van der Waals surface area (Å²) >= 11 is 1.46. The molecular weight excluding hydrogens is 218 g/mol. The Kier molecular flexibility index (Phi) is 4.57. The molecule has 0 aliphatic heterocycles. The number of nitrogens with zero attached hydrogens (tertiary/aromatic N) is 2. The topological polar surface area (TPSA) is 91.2 Å². The lowest BCUT2D eigenvalue weighted by Gasteiger charge is -2.06. The number of carbonyl (C=O) groups excluding carboxylic acids is 1. The minimum Gasteiger partial charge on any atom is -0.468 e. The van der Waals surface area contributed by atoms with E-state index < -0.39 is 12.0 Å². The molecule has 1 atom stereocenters. The van der Waals surface area contributed by atoms with Gasteiger partial charge in [0.25, 0.3) is 0 Å². The molecule has 84 valence electrons. The van der Waals surface area contributed by atoms with Crippen LogP contribution in [-0.2, 0) is 15.3 Å². The average Bonchev–Trinajstić information content (AvgIpc) is 2.63. The van der Waals surface area contributed by atoms with E-state index in [9.17, 15) is 4.79 Å². The highest BCUT2D eigenvalue weighted by molar-refractivity contribution is 7.98. The number of nitrogens with two attached hydrogens (primary N) is 1. The van der Waals surface area contributed by atoms with Crippen molar-refractivity contribution < 1.29 is 14.1 Å². The van der Waals surface area contributed by atoms with Crippen LogP contribution in [-0.4, -0.2) is 35.0 Å². The zero-order chi connectivity index (χ0) is 11.3. The van der Waals surface area contributed by atoms with Crippen molar-refractivity contribution in [2.45, 2.75) is 18.7 Å². The van der Waals surface area contributed by atoms with Crippen molar-refractivity contribution in [2.75, 3.05) is 12.9 Å². The van der Waals surface area contributed by atoms with Crippen molar-refractivity contribution >= 4 is 17.7 Å². The molecule has 0 aliphatic carbocycles. The average molecular weight is 231 g/mol. The van der Waals surface area contributed by atoms with Crippen molar-refractivity contribution in [3.63, 3.8) is 0 Å². The van der Waals surface area contributed by atoms with E-state index in [1.807, 2.05) is 0 Å². The molecule has 2 N–H and O–H groups in total. The Hall–Kier alpha value is -1.08. The molecule has 0 saturated carbocycles. The summed E-state index contributed by atoms with van der Waals surface area (Å²) in [6.07, 6.45) is 0. The number of aromatic nitrogens is 2. The van der Waals surface area contributed by atoms with Gasteiger partial charge in [-0.25, -0.2) is 0 Å². The van der Waals surface area contributed by atoms with E-state index in [2.05, 4.69) is 14.9 Å². The summed E-state index contributed by atoms with van der Waals surface area (Å²) in [7, 11) is 1.31. The first-order valence-electron chi connectivity index (χ1n) is 4.34. The van der Waals surface area contributed by atoms with Gasteiger partial charge in [-0.1, -0.05) is 5.16 Å². The minimum absolute atomic E-state index is 0.410. The first-order valence-corrected chi connectivity index (χ1v) is 5.49. The lowest BCUT2D eigenvalue weighted by molar-refractivity contribution is -0.141. The molecule has 0 amide bonds. The van der Waals surface area contributed by atoms with Crippen LogP contribution in [0.4, 0.5) is 0 Å². The Balaban J connectivity index is 2.24. The summed E-state index contributed by atoms with van der Waals surface area (Å²) < 4.78 is 9.29. The third-order valence-electron chi connectivity index (χ3n) is 1.60. The van der Waals surface area contributed by atoms with Crippen molar-refractivity contribution in [1.82, 2.24) is 10.1 Å². The summed E-state index contributed by atoms with van der Waals surface area (Å²) in [6, 6.07) is -0.604. The molecule has 15 heavy (non-hydrogen) atoms. The molecule has 7 heteroatoms. The SMILES string of the molecule is COC(=O)C(N)CSCc1noc(C)n1. The summed E-state index contributed by atoms with van der Waals surface area (Å²) in [5, 5.41) is 3.71. The van der Waals surface area contributed by atoms with Crippen LogP contribution in [0, 0.1) is 6.92 Å². The summed E-state index contributed by atoms with van der Waals surface area (Å²) in [5.41, 5.74) is 5.54. The fourth-order valence-electron chi connectivity index (χ4n) is 0.897. The Bertz CT molecular complexity index is 329. The Morgan fingerprint density at radius 3 is 3.00 bits per heavy atom. The van der Waals surface area contributed by atoms with Crippen molar-refractivity contribution in [3.8, 4) is 0 Å². The molecule has 0 bridgehead atoms. The molecule has 1 aromatic heterocycles. The lowest BCUT2D eigenvalue weighted by Crippen LogP contribution is -2.33. The Morgan fingerprint density at radius 2 is 2.47 bits per heavy atom. The number of carbonyl (C=O) groups is 1. The van der Waals surface area contributed by atoms with E-state index >= 15 is 0 Å². The number of ether oxygens (including phenoxy) is 1. The fraction of sp³-hybridized carbons (Fsp3) is 0.625. The molecule has 6 nitrogen and oxygen atoms in total. The van der Waals surface area contributed by atoms with Gasteiger partial charge >= 0.3 is 5.97 Å². The maximum Gasteiger partial charge on any atom is 0.323 e. The highest BCUT2D eigenvalue weighted by Crippen LogP contribution is 2.10. The number of hydrogen-bond acceptors (Lipinski definition) is 7. The Labute approximate surface area is 91.5 Å². The van der Waals surface area contributed by atoms with Gasteiger partial charge in [-0.15, -0.1) is 0 Å². The van der Waals surface area contributed by atoms with Gasteiger partial charge in [0.1, 0.15) is 6.04 Å². The summed E-state index contributed by atoms with van der Waals surface area (Å²) in [4.78, 5) is 15.0. The van der Waals surface area contributed by atoms with Crippen LogP contribution in [0.3, 0.4) is 0 Å². The molecule has 0 aromatic carbocycles. The predicted molar refractivity (Wildman–Crippen MR) is 55.2 cm³/mol. The van der Waals surface area contributed by atoms with Crippen LogP contribution in [0.25, 0.3) is 0 Å². The van der Waals surface area contributed by atoms with E-state index in [-0.39, 0.29) is 0 Å². The highest BCUT2D eigenvalue weighted by atomic mass is 32.2. The molecule has 1 aromatic rings. The lowest BCUT2D eigenvalue weighted by atomic mass is 10.4. The van der Waals surface area contributed by atoms with E-state index in [1.165, 1.54) is 18.9 Å².